The summed E-state index contributed by atoms with van der Waals surface area (Å²) in [6, 6.07) is 0.527. The predicted molar refractivity (Wildman–Crippen MR) is 74.9 cm³/mol. The number of amides is 1. The summed E-state index contributed by atoms with van der Waals surface area (Å²) in [5, 5.41) is 0. The van der Waals surface area contributed by atoms with Crippen molar-refractivity contribution in [1.29, 1.82) is 0 Å². The maximum absolute atomic E-state index is 12.1. The topological polar surface area (TPSA) is 58.8 Å². The Bertz CT molecular complexity index is 308. The van der Waals surface area contributed by atoms with Gasteiger partial charge in [0.15, 0.2) is 0 Å². The molecular weight excluding hydrogens is 242 g/mol. The Kier molecular flexibility index (Phi) is 4.81. The number of hydrogen-bond acceptors (Lipinski definition) is 4. The van der Waals surface area contributed by atoms with Gasteiger partial charge in [0, 0.05) is 44.2 Å². The fourth-order valence-corrected chi connectivity index (χ4v) is 2.80. The van der Waals surface area contributed by atoms with E-state index in [0.717, 1.165) is 52.2 Å². The highest BCUT2D eigenvalue weighted by Gasteiger charge is 2.31. The summed E-state index contributed by atoms with van der Waals surface area (Å²) >= 11 is 0. The van der Waals surface area contributed by atoms with Crippen LogP contribution < -0.4 is 5.73 Å². The summed E-state index contributed by atoms with van der Waals surface area (Å²) in [4.78, 5) is 16.6. The van der Waals surface area contributed by atoms with Crippen LogP contribution in [0.4, 0.5) is 0 Å². The van der Waals surface area contributed by atoms with Crippen molar-refractivity contribution in [1.82, 2.24) is 9.80 Å². The second kappa shape index (κ2) is 6.20. The molecule has 1 atom stereocenters. The second-order valence-corrected chi connectivity index (χ2v) is 6.42. The van der Waals surface area contributed by atoms with Gasteiger partial charge in [0.2, 0.25) is 5.91 Å². The van der Waals surface area contributed by atoms with E-state index in [0.29, 0.717) is 12.5 Å². The third kappa shape index (κ3) is 4.44. The van der Waals surface area contributed by atoms with E-state index in [4.69, 9.17) is 10.5 Å². The largest absolute Gasteiger partial charge is 0.379 e. The molecule has 2 aliphatic rings. The first-order valence-electron chi connectivity index (χ1n) is 7.34. The Labute approximate surface area is 116 Å². The van der Waals surface area contributed by atoms with Crippen LogP contribution in [-0.4, -0.2) is 66.7 Å². The fraction of sp³-hybridized carbons (Fsp3) is 0.929. The van der Waals surface area contributed by atoms with Crippen LogP contribution in [0.1, 0.15) is 33.1 Å². The first kappa shape index (κ1) is 14.8. The lowest BCUT2D eigenvalue weighted by molar-refractivity contribution is -0.130. The Morgan fingerprint density at radius 3 is 2.63 bits per heavy atom. The van der Waals surface area contributed by atoms with Gasteiger partial charge in [0.1, 0.15) is 0 Å². The average molecular weight is 269 g/mol. The summed E-state index contributed by atoms with van der Waals surface area (Å²) in [7, 11) is 0. The molecular formula is C14H27N3O2. The standard InChI is InChI=1S/C14H27N3O2/c1-14(2,15)5-3-13(18)17-6-4-12(11-17)16-7-9-19-10-8-16/h12H,3-11,15H2,1-2H3. The summed E-state index contributed by atoms with van der Waals surface area (Å²) in [6.07, 6.45) is 2.42. The average Bonchev–Trinajstić information content (AvgIpc) is 2.86. The molecule has 0 radical (unpaired) electrons. The van der Waals surface area contributed by atoms with Crippen LogP contribution in [-0.2, 0) is 9.53 Å². The highest BCUT2D eigenvalue weighted by molar-refractivity contribution is 5.76. The molecule has 2 saturated heterocycles. The Hall–Kier alpha value is -0.650. The minimum Gasteiger partial charge on any atom is -0.379 e. The third-order valence-corrected chi connectivity index (χ3v) is 4.06. The van der Waals surface area contributed by atoms with E-state index < -0.39 is 0 Å². The van der Waals surface area contributed by atoms with Gasteiger partial charge in [0.25, 0.3) is 0 Å². The summed E-state index contributed by atoms with van der Waals surface area (Å²) in [5.74, 6) is 0.259. The zero-order chi connectivity index (χ0) is 13.9. The van der Waals surface area contributed by atoms with Gasteiger partial charge in [-0.1, -0.05) is 0 Å². The predicted octanol–water partition coefficient (Wildman–Crippen LogP) is 0.437. The number of ether oxygens (including phenoxy) is 1. The van der Waals surface area contributed by atoms with E-state index >= 15 is 0 Å². The van der Waals surface area contributed by atoms with Gasteiger partial charge in [-0.2, -0.15) is 0 Å². The monoisotopic (exact) mass is 269 g/mol. The van der Waals surface area contributed by atoms with Crippen LogP contribution >= 0.6 is 0 Å². The molecule has 2 N–H and O–H groups in total. The van der Waals surface area contributed by atoms with Gasteiger partial charge in [0.05, 0.1) is 13.2 Å². The highest BCUT2D eigenvalue weighted by Crippen LogP contribution is 2.19. The van der Waals surface area contributed by atoms with Crippen LogP contribution in [0.3, 0.4) is 0 Å². The molecule has 0 aromatic rings. The number of carbonyl (C=O) groups excluding carboxylic acids is 1. The van der Waals surface area contributed by atoms with Gasteiger partial charge >= 0.3 is 0 Å². The minimum atomic E-state index is -0.251. The number of morpholine rings is 1. The highest BCUT2D eigenvalue weighted by atomic mass is 16.5. The molecule has 2 heterocycles. The van der Waals surface area contributed by atoms with Crippen LogP contribution in [0.15, 0.2) is 0 Å². The number of nitrogens with two attached hydrogens (primary N) is 1. The molecule has 2 rings (SSSR count). The molecule has 0 aromatic heterocycles. The van der Waals surface area contributed by atoms with Gasteiger partial charge in [-0.05, 0) is 26.7 Å². The summed E-state index contributed by atoms with van der Waals surface area (Å²) < 4.78 is 5.37. The maximum Gasteiger partial charge on any atom is 0.222 e. The molecule has 0 spiro atoms. The van der Waals surface area contributed by atoms with Crippen molar-refractivity contribution in [2.75, 3.05) is 39.4 Å². The van der Waals surface area contributed by atoms with E-state index in [1.165, 1.54) is 0 Å². The molecule has 0 saturated carbocycles. The van der Waals surface area contributed by atoms with E-state index in [9.17, 15) is 4.79 Å². The van der Waals surface area contributed by atoms with Gasteiger partial charge in [-0.25, -0.2) is 0 Å². The lowest BCUT2D eigenvalue weighted by Crippen LogP contribution is -2.45. The van der Waals surface area contributed by atoms with E-state index in [-0.39, 0.29) is 11.4 Å². The molecule has 110 valence electrons. The first-order chi connectivity index (χ1) is 8.96. The van der Waals surface area contributed by atoms with Crippen molar-refractivity contribution in [2.24, 2.45) is 5.73 Å². The number of hydrogen-bond donors (Lipinski definition) is 1. The van der Waals surface area contributed by atoms with Crippen LogP contribution in [0.5, 0.6) is 0 Å². The van der Waals surface area contributed by atoms with E-state index in [1.54, 1.807) is 0 Å². The van der Waals surface area contributed by atoms with Crippen molar-refractivity contribution in [2.45, 2.75) is 44.7 Å². The lowest BCUT2D eigenvalue weighted by atomic mass is 10.00. The lowest BCUT2D eigenvalue weighted by Gasteiger charge is -2.32. The molecule has 0 aromatic carbocycles. The van der Waals surface area contributed by atoms with Crippen molar-refractivity contribution in [3.63, 3.8) is 0 Å². The zero-order valence-corrected chi connectivity index (χ0v) is 12.2. The SMILES string of the molecule is CC(C)(N)CCC(=O)N1CCC(N2CCOCC2)C1. The molecule has 2 fully saturated rings. The van der Waals surface area contributed by atoms with Gasteiger partial charge < -0.3 is 15.4 Å². The minimum absolute atomic E-state index is 0.251. The van der Waals surface area contributed by atoms with Crippen LogP contribution in [0.2, 0.25) is 0 Å². The van der Waals surface area contributed by atoms with Crippen molar-refractivity contribution in [3.8, 4) is 0 Å². The first-order valence-corrected chi connectivity index (χ1v) is 7.34. The normalized spacial score (nSPS) is 25.8. The van der Waals surface area contributed by atoms with Crippen molar-refractivity contribution >= 4 is 5.91 Å². The maximum atomic E-state index is 12.1. The molecule has 0 bridgehead atoms. The molecule has 0 aliphatic carbocycles. The van der Waals surface area contributed by atoms with Crippen LogP contribution in [0.25, 0.3) is 0 Å². The molecule has 2 aliphatic heterocycles. The number of rotatable bonds is 4. The summed E-state index contributed by atoms with van der Waals surface area (Å²) in [5.41, 5.74) is 5.68. The van der Waals surface area contributed by atoms with Crippen molar-refractivity contribution in [3.05, 3.63) is 0 Å². The molecule has 5 heteroatoms. The van der Waals surface area contributed by atoms with E-state index in [2.05, 4.69) is 4.90 Å². The Balaban J connectivity index is 1.76. The van der Waals surface area contributed by atoms with Gasteiger partial charge in [-0.3, -0.25) is 9.69 Å². The fourth-order valence-electron chi connectivity index (χ4n) is 2.80. The van der Waals surface area contributed by atoms with Crippen LogP contribution in [0, 0.1) is 0 Å². The molecule has 19 heavy (non-hydrogen) atoms. The second-order valence-electron chi connectivity index (χ2n) is 6.42. The molecule has 1 unspecified atom stereocenters. The van der Waals surface area contributed by atoms with Gasteiger partial charge in [-0.15, -0.1) is 0 Å². The number of carbonyl (C=O) groups is 1. The van der Waals surface area contributed by atoms with E-state index in [1.807, 2.05) is 18.7 Å². The Morgan fingerprint density at radius 1 is 1.32 bits per heavy atom. The van der Waals surface area contributed by atoms with Crippen molar-refractivity contribution < 1.29 is 9.53 Å². The zero-order valence-electron chi connectivity index (χ0n) is 12.2. The molecule has 5 nitrogen and oxygen atoms in total. The number of nitrogens with zero attached hydrogens (tertiary/aromatic N) is 2. The smallest absolute Gasteiger partial charge is 0.222 e. The summed E-state index contributed by atoms with van der Waals surface area (Å²) in [6.45, 7) is 9.37. The number of likely N-dealkylation sites (tertiary alicyclic amines) is 1. The third-order valence-electron chi connectivity index (χ3n) is 4.06. The quantitative estimate of drug-likeness (QED) is 0.804. The molecule has 1 amide bonds. The Morgan fingerprint density at radius 2 is 2.00 bits per heavy atom.